The Kier molecular flexibility index (Phi) is 7.53. The summed E-state index contributed by atoms with van der Waals surface area (Å²) in [4.78, 5) is 43.7. The van der Waals surface area contributed by atoms with Crippen LogP contribution in [-0.2, 0) is 14.9 Å². The number of anilines is 2. The van der Waals surface area contributed by atoms with E-state index in [9.17, 15) is 14.4 Å². The van der Waals surface area contributed by atoms with Gasteiger partial charge in [0.15, 0.2) is 0 Å². The Hall–Kier alpha value is -3.91. The molecule has 9 heteroatoms. The quantitative estimate of drug-likeness (QED) is 0.493. The second-order valence-electron chi connectivity index (χ2n) is 7.82. The molecular formula is C25H24ClN3O5. The highest BCUT2D eigenvalue weighted by Gasteiger charge is 2.31. The molecule has 0 unspecified atom stereocenters. The number of ether oxygens (including phenoxy) is 2. The largest absolute Gasteiger partial charge is 0.497 e. The van der Waals surface area contributed by atoms with Gasteiger partial charge in [-0.15, -0.1) is 0 Å². The van der Waals surface area contributed by atoms with Gasteiger partial charge in [-0.2, -0.15) is 0 Å². The minimum atomic E-state index is -0.899. The number of esters is 1. The van der Waals surface area contributed by atoms with E-state index in [-0.39, 0.29) is 11.4 Å². The number of aromatic nitrogens is 1. The number of benzene rings is 2. The molecule has 1 heterocycles. The fourth-order valence-electron chi connectivity index (χ4n) is 3.20. The molecule has 1 N–H and O–H groups in total. The van der Waals surface area contributed by atoms with Gasteiger partial charge < -0.3 is 9.47 Å². The lowest BCUT2D eigenvalue weighted by atomic mass is 9.84. The first-order valence-corrected chi connectivity index (χ1v) is 10.6. The first-order valence-electron chi connectivity index (χ1n) is 10.3. The molecule has 3 amide bonds. The highest BCUT2D eigenvalue weighted by atomic mass is 35.5. The zero-order valence-electron chi connectivity index (χ0n) is 19.2. The number of methoxy groups -OCH3 is 2. The van der Waals surface area contributed by atoms with Crippen molar-refractivity contribution in [1.82, 2.24) is 4.98 Å². The molecule has 3 rings (SSSR count). The smallest absolute Gasteiger partial charge is 0.334 e. The molecule has 3 aromatic rings. The Bertz CT molecular complexity index is 1180. The number of amides is 3. The van der Waals surface area contributed by atoms with Crippen molar-refractivity contribution in [2.24, 2.45) is 0 Å². The first kappa shape index (κ1) is 24.7. The third kappa shape index (κ3) is 5.35. The number of urea groups is 1. The molecule has 176 valence electrons. The van der Waals surface area contributed by atoms with Gasteiger partial charge in [-0.25, -0.2) is 14.7 Å². The fourth-order valence-corrected chi connectivity index (χ4v) is 3.32. The van der Waals surface area contributed by atoms with Gasteiger partial charge >= 0.3 is 12.0 Å². The fraction of sp³-hybridized carbons (Fsp3) is 0.200. The summed E-state index contributed by atoms with van der Waals surface area (Å²) in [5, 5.41) is 3.02. The average molecular weight is 482 g/mol. The van der Waals surface area contributed by atoms with E-state index in [4.69, 9.17) is 21.1 Å². The molecule has 2 aromatic carbocycles. The standard InChI is InChI=1S/C25H24ClN3O5/c1-25(2,23(31)34-4)17-7-5-16(6-8-17)22(30)29(19-10-12-20(33-3)13-11-19)24(32)28-21-14-9-18(26)15-27-21/h5-15H,1-4H3,(H,27,28,32). The molecular weight excluding hydrogens is 458 g/mol. The maximum Gasteiger partial charge on any atom is 0.334 e. The van der Waals surface area contributed by atoms with E-state index in [0.29, 0.717) is 22.0 Å². The first-order chi connectivity index (χ1) is 16.2. The van der Waals surface area contributed by atoms with Crippen LogP contribution in [0, 0.1) is 0 Å². The molecule has 0 atom stereocenters. The van der Waals surface area contributed by atoms with Crippen LogP contribution in [0.1, 0.15) is 29.8 Å². The summed E-state index contributed by atoms with van der Waals surface area (Å²) in [6.45, 7) is 3.46. The number of nitrogens with one attached hydrogen (secondary N) is 1. The van der Waals surface area contributed by atoms with Crippen molar-refractivity contribution in [3.8, 4) is 5.75 Å². The summed E-state index contributed by atoms with van der Waals surface area (Å²) in [6, 6.07) is 15.3. The maximum atomic E-state index is 13.4. The van der Waals surface area contributed by atoms with Crippen LogP contribution in [0.2, 0.25) is 5.02 Å². The summed E-state index contributed by atoms with van der Waals surface area (Å²) < 4.78 is 10.0. The van der Waals surface area contributed by atoms with Crippen LogP contribution < -0.4 is 15.0 Å². The van der Waals surface area contributed by atoms with Gasteiger partial charge in [0.25, 0.3) is 5.91 Å². The zero-order chi connectivity index (χ0) is 24.9. The van der Waals surface area contributed by atoms with E-state index in [1.807, 2.05) is 0 Å². The maximum absolute atomic E-state index is 13.4. The Morgan fingerprint density at radius 3 is 2.12 bits per heavy atom. The molecule has 0 saturated carbocycles. The lowest BCUT2D eigenvalue weighted by Gasteiger charge is -2.24. The number of nitrogens with zero attached hydrogens (tertiary/aromatic N) is 2. The van der Waals surface area contributed by atoms with Crippen molar-refractivity contribution in [3.63, 3.8) is 0 Å². The predicted octanol–water partition coefficient (Wildman–Crippen LogP) is 5.07. The summed E-state index contributed by atoms with van der Waals surface area (Å²) in [5.74, 6) is -0.165. The molecule has 0 spiro atoms. The minimum Gasteiger partial charge on any atom is -0.497 e. The third-order valence-corrected chi connectivity index (χ3v) is 5.47. The third-order valence-electron chi connectivity index (χ3n) is 5.25. The summed E-state index contributed by atoms with van der Waals surface area (Å²) in [5.41, 5.74) is 0.348. The molecule has 0 radical (unpaired) electrons. The van der Waals surface area contributed by atoms with E-state index in [0.717, 1.165) is 4.90 Å². The highest BCUT2D eigenvalue weighted by Crippen LogP contribution is 2.27. The Morgan fingerprint density at radius 1 is 0.941 bits per heavy atom. The molecule has 0 aliphatic carbocycles. The van der Waals surface area contributed by atoms with Crippen LogP contribution in [0.3, 0.4) is 0 Å². The lowest BCUT2D eigenvalue weighted by Crippen LogP contribution is -2.40. The van der Waals surface area contributed by atoms with Gasteiger partial charge in [-0.05, 0) is 67.9 Å². The van der Waals surface area contributed by atoms with Gasteiger partial charge in [-0.3, -0.25) is 14.9 Å². The van der Waals surface area contributed by atoms with Crippen molar-refractivity contribution < 1.29 is 23.9 Å². The monoisotopic (exact) mass is 481 g/mol. The number of carbonyl (C=O) groups excluding carboxylic acids is 3. The van der Waals surface area contributed by atoms with Crippen molar-refractivity contribution >= 4 is 41.0 Å². The van der Waals surface area contributed by atoms with Crippen LogP contribution in [0.4, 0.5) is 16.3 Å². The molecule has 1 aromatic heterocycles. The number of imide groups is 1. The molecule has 0 aliphatic heterocycles. The van der Waals surface area contributed by atoms with Crippen LogP contribution in [-0.4, -0.2) is 37.1 Å². The molecule has 8 nitrogen and oxygen atoms in total. The van der Waals surface area contributed by atoms with Crippen LogP contribution >= 0.6 is 11.6 Å². The minimum absolute atomic E-state index is 0.232. The second kappa shape index (κ2) is 10.4. The Labute approximate surface area is 202 Å². The molecule has 34 heavy (non-hydrogen) atoms. The number of hydrogen-bond donors (Lipinski definition) is 1. The Balaban J connectivity index is 1.94. The van der Waals surface area contributed by atoms with Gasteiger partial charge in [0, 0.05) is 11.8 Å². The number of rotatable bonds is 6. The van der Waals surface area contributed by atoms with Gasteiger partial charge in [-0.1, -0.05) is 23.7 Å². The summed E-state index contributed by atoms with van der Waals surface area (Å²) >= 11 is 5.86. The molecule has 0 bridgehead atoms. The second-order valence-corrected chi connectivity index (χ2v) is 8.26. The molecule has 0 saturated heterocycles. The number of pyridine rings is 1. The van der Waals surface area contributed by atoms with Crippen LogP contribution in [0.15, 0.2) is 66.9 Å². The zero-order valence-corrected chi connectivity index (χ0v) is 19.9. The highest BCUT2D eigenvalue weighted by molar-refractivity contribution is 6.30. The number of carbonyl (C=O) groups is 3. The van der Waals surface area contributed by atoms with E-state index in [1.54, 1.807) is 68.4 Å². The van der Waals surface area contributed by atoms with Crippen LogP contribution in [0.5, 0.6) is 5.75 Å². The summed E-state index contributed by atoms with van der Waals surface area (Å²) in [6.07, 6.45) is 1.39. The lowest BCUT2D eigenvalue weighted by molar-refractivity contribution is -0.146. The summed E-state index contributed by atoms with van der Waals surface area (Å²) in [7, 11) is 2.84. The molecule has 0 fully saturated rings. The molecule has 0 aliphatic rings. The van der Waals surface area contributed by atoms with Crippen LogP contribution in [0.25, 0.3) is 0 Å². The van der Waals surface area contributed by atoms with Gasteiger partial charge in [0.2, 0.25) is 0 Å². The van der Waals surface area contributed by atoms with Crippen molar-refractivity contribution in [2.45, 2.75) is 19.3 Å². The van der Waals surface area contributed by atoms with E-state index in [2.05, 4.69) is 10.3 Å². The van der Waals surface area contributed by atoms with E-state index in [1.165, 1.54) is 26.5 Å². The SMILES string of the molecule is COC(=O)C(C)(C)c1ccc(C(=O)N(C(=O)Nc2ccc(Cl)cn2)c2ccc(OC)cc2)cc1. The normalized spacial score (nSPS) is 10.9. The van der Waals surface area contributed by atoms with Gasteiger partial charge in [0.05, 0.1) is 30.3 Å². The number of hydrogen-bond acceptors (Lipinski definition) is 6. The number of halogens is 1. The van der Waals surface area contributed by atoms with Crippen molar-refractivity contribution in [3.05, 3.63) is 83.0 Å². The average Bonchev–Trinajstić information content (AvgIpc) is 2.85. The van der Waals surface area contributed by atoms with Crippen molar-refractivity contribution in [1.29, 1.82) is 0 Å². The van der Waals surface area contributed by atoms with E-state index < -0.39 is 23.3 Å². The van der Waals surface area contributed by atoms with Gasteiger partial charge in [0.1, 0.15) is 11.6 Å². The van der Waals surface area contributed by atoms with E-state index >= 15 is 0 Å². The predicted molar refractivity (Wildman–Crippen MR) is 130 cm³/mol. The van der Waals surface area contributed by atoms with Crippen molar-refractivity contribution in [2.75, 3.05) is 24.4 Å². The topological polar surface area (TPSA) is 97.8 Å². The Morgan fingerprint density at radius 2 is 1.59 bits per heavy atom.